The van der Waals surface area contributed by atoms with Crippen molar-refractivity contribution in [1.82, 2.24) is 10.6 Å². The predicted molar refractivity (Wildman–Crippen MR) is 120 cm³/mol. The van der Waals surface area contributed by atoms with Crippen molar-refractivity contribution in [1.29, 1.82) is 0 Å². The molecule has 34 heavy (non-hydrogen) atoms. The number of unbranched alkanes of at least 4 members (excludes halogenated alkanes) is 1. The first-order valence-electron chi connectivity index (χ1n) is 10.7. The van der Waals surface area contributed by atoms with Gasteiger partial charge in [0.15, 0.2) is 5.78 Å². The summed E-state index contributed by atoms with van der Waals surface area (Å²) in [5, 5.41) is 5.29. The maximum Gasteiger partial charge on any atom is 0.399 e. The molecule has 0 saturated carbocycles. The largest absolute Gasteiger partial charge is 0.399 e. The summed E-state index contributed by atoms with van der Waals surface area (Å²) in [6, 6.07) is 3.38. The van der Waals surface area contributed by atoms with E-state index < -0.39 is 36.7 Å². The number of benzene rings is 1. The smallest absolute Gasteiger partial charge is 0.356 e. The Kier molecular flexibility index (Phi) is 11.1. The van der Waals surface area contributed by atoms with Gasteiger partial charge in [-0.25, -0.2) is 0 Å². The van der Waals surface area contributed by atoms with Gasteiger partial charge in [-0.05, 0) is 45.1 Å². The normalized spacial score (nSPS) is 13.6. The van der Waals surface area contributed by atoms with Gasteiger partial charge in [-0.1, -0.05) is 24.3 Å². The van der Waals surface area contributed by atoms with Crippen LogP contribution in [-0.2, 0) is 35.8 Å². The standard InChI is InChI=1S/C22H31F2N2O7P/c1-14(27)12-18(13-17-7-9-19(10-8-17)22(23,24)34(31,32)33)21(30)26-20(15(2)28)6-4-5-11-25-16(3)29/h7-10,18,20H,4-6,11-13H2,1-3H3,(H,25,29)(H,26,30)(H2,31,32,33). The van der Waals surface area contributed by atoms with E-state index in [9.17, 15) is 32.5 Å². The van der Waals surface area contributed by atoms with Crippen LogP contribution in [0.1, 0.15) is 57.6 Å². The highest BCUT2D eigenvalue weighted by atomic mass is 31.2. The predicted octanol–water partition coefficient (Wildman–Crippen LogP) is 2.43. The molecule has 0 aliphatic heterocycles. The Morgan fingerprint density at radius 1 is 1.03 bits per heavy atom. The SMILES string of the molecule is CC(=O)CC(Cc1ccc(C(F)(F)P(=O)(O)O)cc1)C(=O)NC(CCCCNC(C)=O)C(C)=O. The van der Waals surface area contributed by atoms with Crippen molar-refractivity contribution in [3.05, 3.63) is 35.4 Å². The van der Waals surface area contributed by atoms with Crippen LogP contribution in [0.2, 0.25) is 0 Å². The van der Waals surface area contributed by atoms with Gasteiger partial charge in [0.25, 0.3) is 0 Å². The van der Waals surface area contributed by atoms with Crippen molar-refractivity contribution in [2.75, 3.05) is 6.54 Å². The van der Waals surface area contributed by atoms with Crippen molar-refractivity contribution in [2.45, 2.75) is 64.6 Å². The molecule has 0 fully saturated rings. The third-order valence-corrected chi connectivity index (χ3v) is 6.14. The molecule has 0 aliphatic carbocycles. The quantitative estimate of drug-likeness (QED) is 0.224. The number of carbonyl (C=O) groups is 4. The fourth-order valence-electron chi connectivity index (χ4n) is 3.30. The molecular weight excluding hydrogens is 473 g/mol. The molecule has 9 nitrogen and oxygen atoms in total. The second kappa shape index (κ2) is 12.8. The molecule has 0 aromatic heterocycles. The second-order valence-corrected chi connectivity index (χ2v) is 9.89. The van der Waals surface area contributed by atoms with Crippen LogP contribution >= 0.6 is 7.60 Å². The van der Waals surface area contributed by atoms with E-state index >= 15 is 0 Å². The molecule has 0 spiro atoms. The van der Waals surface area contributed by atoms with E-state index in [0.717, 1.165) is 12.1 Å². The van der Waals surface area contributed by atoms with Gasteiger partial charge in [-0.3, -0.25) is 18.9 Å². The molecule has 190 valence electrons. The van der Waals surface area contributed by atoms with Gasteiger partial charge in [0, 0.05) is 31.4 Å². The lowest BCUT2D eigenvalue weighted by atomic mass is 9.92. The lowest BCUT2D eigenvalue weighted by Gasteiger charge is -2.21. The molecule has 2 amide bonds. The van der Waals surface area contributed by atoms with Crippen molar-refractivity contribution >= 4 is 31.0 Å². The summed E-state index contributed by atoms with van der Waals surface area (Å²) in [6.07, 6.45) is 1.39. The van der Waals surface area contributed by atoms with Crippen molar-refractivity contribution in [2.24, 2.45) is 5.92 Å². The molecule has 1 aromatic rings. The van der Waals surface area contributed by atoms with Crippen molar-refractivity contribution < 1.29 is 42.3 Å². The zero-order chi connectivity index (χ0) is 26.1. The minimum atomic E-state index is -5.71. The third-order valence-electron chi connectivity index (χ3n) is 5.15. The number of amides is 2. The van der Waals surface area contributed by atoms with E-state index in [2.05, 4.69) is 10.6 Å². The van der Waals surface area contributed by atoms with Crippen LogP contribution in [0.5, 0.6) is 0 Å². The Balaban J connectivity index is 2.88. The number of hydrogen-bond acceptors (Lipinski definition) is 5. The first-order chi connectivity index (χ1) is 15.6. The van der Waals surface area contributed by atoms with Crippen LogP contribution in [0.3, 0.4) is 0 Å². The molecule has 0 saturated heterocycles. The number of nitrogens with one attached hydrogen (secondary N) is 2. The van der Waals surface area contributed by atoms with Gasteiger partial charge in [0.05, 0.1) is 6.04 Å². The zero-order valence-corrected chi connectivity index (χ0v) is 20.2. The third kappa shape index (κ3) is 9.40. The van der Waals surface area contributed by atoms with Crippen LogP contribution in [-0.4, -0.2) is 45.8 Å². The van der Waals surface area contributed by atoms with Crippen molar-refractivity contribution in [3.8, 4) is 0 Å². The van der Waals surface area contributed by atoms with Gasteiger partial charge < -0.3 is 25.2 Å². The van der Waals surface area contributed by atoms with E-state index in [1.165, 1.54) is 32.9 Å². The van der Waals surface area contributed by atoms with Gasteiger partial charge in [-0.15, -0.1) is 0 Å². The van der Waals surface area contributed by atoms with Crippen LogP contribution in [0.15, 0.2) is 24.3 Å². The average Bonchev–Trinajstić information content (AvgIpc) is 2.71. The molecule has 4 N–H and O–H groups in total. The second-order valence-electron chi connectivity index (χ2n) is 8.24. The molecule has 12 heteroatoms. The van der Waals surface area contributed by atoms with Crippen LogP contribution < -0.4 is 10.6 Å². The molecule has 2 unspecified atom stereocenters. The fourth-order valence-corrected chi connectivity index (χ4v) is 3.79. The Morgan fingerprint density at radius 2 is 1.62 bits per heavy atom. The number of halogens is 2. The summed E-state index contributed by atoms with van der Waals surface area (Å²) < 4.78 is 38.7. The number of alkyl halides is 2. The monoisotopic (exact) mass is 504 g/mol. The van der Waals surface area contributed by atoms with E-state index in [4.69, 9.17) is 9.79 Å². The summed E-state index contributed by atoms with van der Waals surface area (Å²) >= 11 is 0. The minimum absolute atomic E-state index is 0.000329. The maximum atomic E-state index is 13.8. The molecule has 2 atom stereocenters. The lowest BCUT2D eigenvalue weighted by Crippen LogP contribution is -2.43. The van der Waals surface area contributed by atoms with Crippen LogP contribution in [0.25, 0.3) is 0 Å². The van der Waals surface area contributed by atoms with Crippen LogP contribution in [0, 0.1) is 5.92 Å². The van der Waals surface area contributed by atoms with Gasteiger partial charge in [-0.2, -0.15) is 8.78 Å². The Labute approximate surface area is 196 Å². The highest BCUT2D eigenvalue weighted by Gasteiger charge is 2.50. The van der Waals surface area contributed by atoms with Crippen molar-refractivity contribution in [3.63, 3.8) is 0 Å². The maximum absolute atomic E-state index is 13.8. The molecule has 0 aliphatic rings. The molecule has 0 heterocycles. The number of hydrogen-bond donors (Lipinski definition) is 4. The van der Waals surface area contributed by atoms with E-state index in [-0.39, 0.29) is 30.3 Å². The number of ketones is 2. The molecule has 1 aromatic carbocycles. The molecular formula is C22H31F2N2O7P. The van der Waals surface area contributed by atoms with E-state index in [1.807, 2.05) is 0 Å². The zero-order valence-electron chi connectivity index (χ0n) is 19.3. The molecule has 0 radical (unpaired) electrons. The van der Waals surface area contributed by atoms with E-state index in [0.29, 0.717) is 31.4 Å². The minimum Gasteiger partial charge on any atom is -0.356 e. The summed E-state index contributed by atoms with van der Waals surface area (Å²) in [5.74, 6) is -2.12. The molecule has 0 bridgehead atoms. The average molecular weight is 504 g/mol. The first-order valence-corrected chi connectivity index (χ1v) is 12.3. The lowest BCUT2D eigenvalue weighted by molar-refractivity contribution is -0.131. The summed E-state index contributed by atoms with van der Waals surface area (Å²) in [4.78, 5) is 65.1. The number of carbonyl (C=O) groups excluding carboxylic acids is 4. The summed E-state index contributed by atoms with van der Waals surface area (Å²) in [5.41, 5.74) is -4.81. The summed E-state index contributed by atoms with van der Waals surface area (Å²) in [7, 11) is -5.71. The highest BCUT2D eigenvalue weighted by Crippen LogP contribution is 2.59. The highest BCUT2D eigenvalue weighted by molar-refractivity contribution is 7.52. The van der Waals surface area contributed by atoms with E-state index in [1.54, 1.807) is 0 Å². The summed E-state index contributed by atoms with van der Waals surface area (Å²) in [6.45, 7) is 4.47. The fraction of sp³-hybridized carbons (Fsp3) is 0.545. The Hall–Kier alpha value is -2.49. The number of Topliss-reactive ketones (excluding diaryl/α,β-unsaturated/α-hetero) is 2. The Morgan fingerprint density at radius 3 is 2.09 bits per heavy atom. The van der Waals surface area contributed by atoms with Gasteiger partial charge in [0.1, 0.15) is 5.78 Å². The van der Waals surface area contributed by atoms with Gasteiger partial charge in [0.2, 0.25) is 11.8 Å². The first kappa shape index (κ1) is 29.5. The van der Waals surface area contributed by atoms with Crippen LogP contribution in [0.4, 0.5) is 8.78 Å². The topological polar surface area (TPSA) is 150 Å². The molecule has 1 rings (SSSR count). The number of rotatable bonds is 14. The Bertz CT molecular complexity index is 932. The van der Waals surface area contributed by atoms with Gasteiger partial charge >= 0.3 is 13.3 Å².